The van der Waals surface area contributed by atoms with Crippen molar-refractivity contribution in [1.82, 2.24) is 10.3 Å². The van der Waals surface area contributed by atoms with Crippen molar-refractivity contribution in [2.24, 2.45) is 5.92 Å². The maximum Gasteiger partial charge on any atom is 0.225 e. The molecule has 1 aromatic carbocycles. The second kappa shape index (κ2) is 7.46. The minimum absolute atomic E-state index is 0.00519. The summed E-state index contributed by atoms with van der Waals surface area (Å²) in [7, 11) is 0. The van der Waals surface area contributed by atoms with Crippen molar-refractivity contribution in [2.45, 2.75) is 25.8 Å². The van der Waals surface area contributed by atoms with Crippen LogP contribution in [0.3, 0.4) is 0 Å². The van der Waals surface area contributed by atoms with Gasteiger partial charge in [0.2, 0.25) is 5.91 Å². The van der Waals surface area contributed by atoms with Gasteiger partial charge in [0.25, 0.3) is 0 Å². The molecule has 0 saturated carbocycles. The molecule has 3 heterocycles. The standard InChI is InChI=1S/C21H23N3OS/c1-15(16-6-3-2-4-7-16)23-21(25)17-8-5-12-24(14-17)20-18-10-13-26-19(18)9-11-22-20/h2-4,6-7,9-11,13,15,17H,5,8,12,14H2,1H3,(H,23,25). The zero-order valence-electron chi connectivity index (χ0n) is 14.9. The summed E-state index contributed by atoms with van der Waals surface area (Å²) in [6.45, 7) is 3.73. The third kappa shape index (κ3) is 3.44. The van der Waals surface area contributed by atoms with Gasteiger partial charge in [0.15, 0.2) is 0 Å². The van der Waals surface area contributed by atoms with E-state index in [1.54, 1.807) is 11.3 Å². The molecule has 0 radical (unpaired) electrons. The van der Waals surface area contributed by atoms with E-state index in [2.05, 4.69) is 44.8 Å². The first-order chi connectivity index (χ1) is 12.7. The number of anilines is 1. The zero-order chi connectivity index (χ0) is 17.9. The number of pyridine rings is 1. The maximum atomic E-state index is 12.8. The van der Waals surface area contributed by atoms with Gasteiger partial charge in [-0.25, -0.2) is 4.98 Å². The third-order valence-corrected chi connectivity index (χ3v) is 5.99. The molecule has 0 aliphatic carbocycles. The molecule has 1 amide bonds. The van der Waals surface area contributed by atoms with Crippen molar-refractivity contribution in [3.63, 3.8) is 0 Å². The molecule has 0 bridgehead atoms. The number of fused-ring (bicyclic) bond motifs is 1. The Kier molecular flexibility index (Phi) is 4.89. The second-order valence-electron chi connectivity index (χ2n) is 6.89. The number of nitrogens with zero attached hydrogens (tertiary/aromatic N) is 2. The van der Waals surface area contributed by atoms with Crippen LogP contribution in [0.25, 0.3) is 10.1 Å². The summed E-state index contributed by atoms with van der Waals surface area (Å²) in [6.07, 6.45) is 3.82. The van der Waals surface area contributed by atoms with E-state index >= 15 is 0 Å². The van der Waals surface area contributed by atoms with Gasteiger partial charge < -0.3 is 10.2 Å². The topological polar surface area (TPSA) is 45.2 Å². The fourth-order valence-electron chi connectivity index (χ4n) is 3.67. The molecule has 2 unspecified atom stereocenters. The number of rotatable bonds is 4. The van der Waals surface area contributed by atoms with Gasteiger partial charge in [-0.1, -0.05) is 30.3 Å². The van der Waals surface area contributed by atoms with E-state index in [1.807, 2.05) is 31.3 Å². The molecule has 4 rings (SSSR count). The van der Waals surface area contributed by atoms with Gasteiger partial charge in [-0.05, 0) is 42.8 Å². The van der Waals surface area contributed by atoms with Crippen LogP contribution in [0.2, 0.25) is 0 Å². The number of thiophene rings is 1. The monoisotopic (exact) mass is 365 g/mol. The molecule has 1 aliphatic rings. The molecule has 134 valence electrons. The van der Waals surface area contributed by atoms with Gasteiger partial charge in [0, 0.05) is 29.4 Å². The summed E-state index contributed by atoms with van der Waals surface area (Å²) in [5.74, 6) is 1.16. The molecule has 5 heteroatoms. The van der Waals surface area contributed by atoms with Crippen molar-refractivity contribution in [2.75, 3.05) is 18.0 Å². The van der Waals surface area contributed by atoms with Crippen LogP contribution in [0, 0.1) is 5.92 Å². The lowest BCUT2D eigenvalue weighted by Gasteiger charge is -2.33. The number of nitrogens with one attached hydrogen (secondary N) is 1. The van der Waals surface area contributed by atoms with Gasteiger partial charge in [0.1, 0.15) is 5.82 Å². The molecular weight excluding hydrogens is 342 g/mol. The molecule has 2 atom stereocenters. The van der Waals surface area contributed by atoms with Gasteiger partial charge in [-0.2, -0.15) is 0 Å². The van der Waals surface area contributed by atoms with Crippen LogP contribution in [0.1, 0.15) is 31.4 Å². The Morgan fingerprint density at radius 2 is 2.12 bits per heavy atom. The van der Waals surface area contributed by atoms with Crippen LogP contribution < -0.4 is 10.2 Å². The summed E-state index contributed by atoms with van der Waals surface area (Å²) >= 11 is 1.73. The Morgan fingerprint density at radius 1 is 1.27 bits per heavy atom. The molecule has 3 aromatic rings. The highest BCUT2D eigenvalue weighted by molar-refractivity contribution is 7.17. The lowest BCUT2D eigenvalue weighted by Crippen LogP contribution is -2.44. The third-order valence-electron chi connectivity index (χ3n) is 5.11. The van der Waals surface area contributed by atoms with Crippen LogP contribution in [0.15, 0.2) is 54.0 Å². The van der Waals surface area contributed by atoms with Crippen LogP contribution in [0.4, 0.5) is 5.82 Å². The Balaban J connectivity index is 1.46. The minimum Gasteiger partial charge on any atom is -0.355 e. The molecule has 26 heavy (non-hydrogen) atoms. The lowest BCUT2D eigenvalue weighted by atomic mass is 9.96. The predicted molar refractivity (Wildman–Crippen MR) is 108 cm³/mol. The quantitative estimate of drug-likeness (QED) is 0.746. The number of piperidine rings is 1. The normalized spacial score (nSPS) is 18.7. The van der Waals surface area contributed by atoms with E-state index in [4.69, 9.17) is 0 Å². The average molecular weight is 366 g/mol. The highest BCUT2D eigenvalue weighted by Crippen LogP contribution is 2.31. The SMILES string of the molecule is CC(NC(=O)C1CCCN(c2nccc3sccc23)C1)c1ccccc1. The van der Waals surface area contributed by atoms with E-state index in [0.29, 0.717) is 0 Å². The van der Waals surface area contributed by atoms with E-state index < -0.39 is 0 Å². The number of carbonyl (C=O) groups is 1. The second-order valence-corrected chi connectivity index (χ2v) is 7.84. The van der Waals surface area contributed by atoms with Crippen LogP contribution >= 0.6 is 11.3 Å². The first-order valence-corrected chi connectivity index (χ1v) is 10.0. The van der Waals surface area contributed by atoms with Crippen molar-refractivity contribution in [3.8, 4) is 0 Å². The van der Waals surface area contributed by atoms with Gasteiger partial charge in [0.05, 0.1) is 12.0 Å². The Hall–Kier alpha value is -2.40. The van der Waals surface area contributed by atoms with Crippen molar-refractivity contribution < 1.29 is 4.79 Å². The summed E-state index contributed by atoms with van der Waals surface area (Å²) < 4.78 is 1.25. The molecule has 1 fully saturated rings. The number of aromatic nitrogens is 1. The predicted octanol–water partition coefficient (Wildman–Crippen LogP) is 4.39. The van der Waals surface area contributed by atoms with Crippen LogP contribution in [0.5, 0.6) is 0 Å². The molecule has 2 aromatic heterocycles. The number of amides is 1. The largest absolute Gasteiger partial charge is 0.355 e. The molecule has 0 spiro atoms. The fourth-order valence-corrected chi connectivity index (χ4v) is 4.45. The van der Waals surface area contributed by atoms with Crippen LogP contribution in [-0.4, -0.2) is 24.0 Å². The Morgan fingerprint density at radius 3 is 2.96 bits per heavy atom. The minimum atomic E-state index is 0.00519. The van der Waals surface area contributed by atoms with Gasteiger partial charge in [-0.3, -0.25) is 4.79 Å². The highest BCUT2D eigenvalue weighted by atomic mass is 32.1. The Bertz CT molecular complexity index is 892. The van der Waals surface area contributed by atoms with Gasteiger partial charge in [-0.15, -0.1) is 11.3 Å². The van der Waals surface area contributed by atoms with E-state index in [0.717, 1.165) is 37.3 Å². The van der Waals surface area contributed by atoms with E-state index in [9.17, 15) is 4.79 Å². The first-order valence-electron chi connectivity index (χ1n) is 9.15. The van der Waals surface area contributed by atoms with Crippen LogP contribution in [-0.2, 0) is 4.79 Å². The van der Waals surface area contributed by atoms with Gasteiger partial charge >= 0.3 is 0 Å². The number of hydrogen-bond donors (Lipinski definition) is 1. The fraction of sp³-hybridized carbons (Fsp3) is 0.333. The molecule has 1 N–H and O–H groups in total. The maximum absolute atomic E-state index is 12.8. The zero-order valence-corrected chi connectivity index (χ0v) is 15.7. The van der Waals surface area contributed by atoms with E-state index in [1.165, 1.54) is 10.1 Å². The highest BCUT2D eigenvalue weighted by Gasteiger charge is 2.28. The molecular formula is C21H23N3OS. The summed E-state index contributed by atoms with van der Waals surface area (Å²) in [4.78, 5) is 19.7. The summed E-state index contributed by atoms with van der Waals surface area (Å²) in [6, 6.07) is 14.3. The first kappa shape index (κ1) is 17.0. The molecule has 4 nitrogen and oxygen atoms in total. The molecule has 1 aliphatic heterocycles. The summed E-state index contributed by atoms with van der Waals surface area (Å²) in [5, 5.41) is 6.48. The average Bonchev–Trinajstić information content (AvgIpc) is 3.17. The summed E-state index contributed by atoms with van der Waals surface area (Å²) in [5.41, 5.74) is 1.14. The lowest BCUT2D eigenvalue weighted by molar-refractivity contribution is -0.125. The molecule has 1 saturated heterocycles. The van der Waals surface area contributed by atoms with E-state index in [-0.39, 0.29) is 17.9 Å². The van der Waals surface area contributed by atoms with Crippen molar-refractivity contribution >= 4 is 33.1 Å². The number of benzene rings is 1. The van der Waals surface area contributed by atoms with Crippen molar-refractivity contribution in [1.29, 1.82) is 0 Å². The van der Waals surface area contributed by atoms with Crippen molar-refractivity contribution in [3.05, 3.63) is 59.6 Å². The Labute approximate surface area is 157 Å². The smallest absolute Gasteiger partial charge is 0.225 e. The number of hydrogen-bond acceptors (Lipinski definition) is 4. The number of carbonyl (C=O) groups excluding carboxylic acids is 1.